The predicted molar refractivity (Wildman–Crippen MR) is 110 cm³/mol. The van der Waals surface area contributed by atoms with E-state index < -0.39 is 5.82 Å². The van der Waals surface area contributed by atoms with Crippen LogP contribution in [0.3, 0.4) is 0 Å². The van der Waals surface area contributed by atoms with Gasteiger partial charge in [0, 0.05) is 32.8 Å². The van der Waals surface area contributed by atoms with Crippen molar-refractivity contribution in [2.75, 3.05) is 6.54 Å². The second-order valence-electron chi connectivity index (χ2n) is 6.89. The number of hydrogen-bond donors (Lipinski definition) is 3. The number of pyridine rings is 1. The molecule has 4 rings (SSSR count). The zero-order chi connectivity index (χ0) is 20.9. The van der Waals surface area contributed by atoms with Crippen LogP contribution in [0.2, 0.25) is 0 Å². The summed E-state index contributed by atoms with van der Waals surface area (Å²) in [6.07, 6.45) is 2.24. The number of amides is 1. The largest absolute Gasteiger partial charge is 0.345 e. The summed E-state index contributed by atoms with van der Waals surface area (Å²) in [5.74, 6) is 0.146. The van der Waals surface area contributed by atoms with Crippen LogP contribution in [-0.4, -0.2) is 37.2 Å². The Hall–Kier alpha value is -3.59. The van der Waals surface area contributed by atoms with Crippen molar-refractivity contribution >= 4 is 16.9 Å². The number of aromatic amines is 1. The van der Waals surface area contributed by atoms with Crippen LogP contribution in [0.4, 0.5) is 4.39 Å². The van der Waals surface area contributed by atoms with Crippen molar-refractivity contribution < 1.29 is 9.18 Å². The standard InChI is InChI=1S/C21H22FN7O/c1-29-19(21(30)25-13-18-15(22)5-4-9-24-18)11-14(28-29)12-23-10-8-20-26-16-6-2-3-7-17(16)27-20/h2-7,9,11,23H,8,10,12-13H2,1H3,(H,25,30)(H,26,27). The van der Waals surface area contributed by atoms with Crippen LogP contribution in [0, 0.1) is 5.82 Å². The van der Waals surface area contributed by atoms with E-state index in [0.717, 1.165) is 35.5 Å². The normalized spacial score (nSPS) is 11.1. The number of aryl methyl sites for hydroxylation is 1. The van der Waals surface area contributed by atoms with Crippen LogP contribution < -0.4 is 10.6 Å². The fourth-order valence-electron chi connectivity index (χ4n) is 3.18. The van der Waals surface area contributed by atoms with E-state index in [9.17, 15) is 9.18 Å². The lowest BCUT2D eigenvalue weighted by Gasteiger charge is -2.05. The van der Waals surface area contributed by atoms with Crippen LogP contribution in [0.5, 0.6) is 0 Å². The van der Waals surface area contributed by atoms with E-state index in [1.54, 1.807) is 13.1 Å². The molecule has 3 heterocycles. The van der Waals surface area contributed by atoms with Crippen molar-refractivity contribution in [1.82, 2.24) is 35.4 Å². The van der Waals surface area contributed by atoms with Crippen molar-refractivity contribution in [3.63, 3.8) is 0 Å². The summed E-state index contributed by atoms with van der Waals surface area (Å²) in [7, 11) is 1.70. The monoisotopic (exact) mass is 407 g/mol. The van der Waals surface area contributed by atoms with Gasteiger partial charge in [-0.2, -0.15) is 5.10 Å². The van der Waals surface area contributed by atoms with E-state index in [1.165, 1.54) is 23.0 Å². The zero-order valence-electron chi connectivity index (χ0n) is 16.5. The highest BCUT2D eigenvalue weighted by Gasteiger charge is 2.14. The Bertz CT molecular complexity index is 1130. The number of para-hydroxylation sites is 2. The van der Waals surface area contributed by atoms with Crippen LogP contribution in [0.1, 0.15) is 27.7 Å². The number of carbonyl (C=O) groups is 1. The predicted octanol–water partition coefficient (Wildman–Crippen LogP) is 2.09. The molecule has 3 aromatic heterocycles. The minimum atomic E-state index is -0.447. The number of aromatic nitrogens is 5. The van der Waals surface area contributed by atoms with E-state index in [1.807, 2.05) is 24.3 Å². The van der Waals surface area contributed by atoms with Gasteiger partial charge in [0.2, 0.25) is 0 Å². The molecule has 1 amide bonds. The highest BCUT2D eigenvalue weighted by atomic mass is 19.1. The van der Waals surface area contributed by atoms with Gasteiger partial charge in [0.25, 0.3) is 5.91 Å². The molecule has 0 fully saturated rings. The molecule has 9 heteroatoms. The highest BCUT2D eigenvalue weighted by Crippen LogP contribution is 2.10. The van der Waals surface area contributed by atoms with Gasteiger partial charge in [-0.3, -0.25) is 14.5 Å². The number of carbonyl (C=O) groups excluding carboxylic acids is 1. The minimum Gasteiger partial charge on any atom is -0.345 e. The zero-order valence-corrected chi connectivity index (χ0v) is 16.5. The minimum absolute atomic E-state index is 0.0156. The molecule has 8 nitrogen and oxygen atoms in total. The number of fused-ring (bicyclic) bond motifs is 1. The molecule has 0 unspecified atom stereocenters. The fourth-order valence-corrected chi connectivity index (χ4v) is 3.18. The Kier molecular flexibility index (Phi) is 5.80. The van der Waals surface area contributed by atoms with Crippen LogP contribution in [0.25, 0.3) is 11.0 Å². The van der Waals surface area contributed by atoms with Gasteiger partial charge in [-0.05, 0) is 30.3 Å². The first kappa shape index (κ1) is 19.7. The molecular weight excluding hydrogens is 385 g/mol. The molecule has 0 saturated carbocycles. The summed E-state index contributed by atoms with van der Waals surface area (Å²) in [6, 6.07) is 12.5. The first-order valence-electron chi connectivity index (χ1n) is 9.65. The topological polar surface area (TPSA) is 101 Å². The maximum absolute atomic E-state index is 13.6. The van der Waals surface area contributed by atoms with Crippen LogP contribution in [0.15, 0.2) is 48.7 Å². The smallest absolute Gasteiger partial charge is 0.269 e. The van der Waals surface area contributed by atoms with Crippen molar-refractivity contribution in [2.45, 2.75) is 19.5 Å². The van der Waals surface area contributed by atoms with Crippen LogP contribution in [-0.2, 0) is 26.6 Å². The molecule has 154 valence electrons. The Morgan fingerprint density at radius 1 is 1.20 bits per heavy atom. The first-order chi connectivity index (χ1) is 14.6. The van der Waals surface area contributed by atoms with Crippen molar-refractivity contribution in [1.29, 1.82) is 0 Å². The highest BCUT2D eigenvalue weighted by molar-refractivity contribution is 5.92. The maximum Gasteiger partial charge on any atom is 0.269 e. The summed E-state index contributed by atoms with van der Waals surface area (Å²) >= 11 is 0. The van der Waals surface area contributed by atoms with Gasteiger partial charge in [-0.25, -0.2) is 9.37 Å². The number of H-pyrrole nitrogens is 1. The van der Waals surface area contributed by atoms with Gasteiger partial charge < -0.3 is 15.6 Å². The van der Waals surface area contributed by atoms with E-state index in [0.29, 0.717) is 12.2 Å². The molecule has 3 N–H and O–H groups in total. The average Bonchev–Trinajstić information content (AvgIpc) is 3.33. The summed E-state index contributed by atoms with van der Waals surface area (Å²) in [6.45, 7) is 1.26. The van der Waals surface area contributed by atoms with Crippen molar-refractivity contribution in [2.24, 2.45) is 7.05 Å². The molecular formula is C21H22FN7O. The van der Waals surface area contributed by atoms with Gasteiger partial charge in [0.15, 0.2) is 0 Å². The molecule has 0 aliphatic rings. The van der Waals surface area contributed by atoms with Gasteiger partial charge in [0.1, 0.15) is 17.3 Å². The molecule has 0 spiro atoms. The van der Waals surface area contributed by atoms with Gasteiger partial charge in [0.05, 0.1) is 29.0 Å². The second kappa shape index (κ2) is 8.83. The van der Waals surface area contributed by atoms with Crippen molar-refractivity contribution in [3.05, 3.63) is 77.4 Å². The van der Waals surface area contributed by atoms with E-state index >= 15 is 0 Å². The number of imidazole rings is 1. The van der Waals surface area contributed by atoms with E-state index in [-0.39, 0.29) is 18.1 Å². The molecule has 0 bridgehead atoms. The number of nitrogens with one attached hydrogen (secondary N) is 3. The quantitative estimate of drug-likeness (QED) is 0.389. The number of hydrogen-bond acceptors (Lipinski definition) is 5. The molecule has 0 aliphatic carbocycles. The Morgan fingerprint density at radius 3 is 2.90 bits per heavy atom. The van der Waals surface area contributed by atoms with E-state index in [4.69, 9.17) is 0 Å². The second-order valence-corrected chi connectivity index (χ2v) is 6.89. The lowest BCUT2D eigenvalue weighted by molar-refractivity contribution is 0.0940. The maximum atomic E-state index is 13.6. The Balaban J connectivity index is 1.28. The molecule has 4 aromatic rings. The molecule has 0 saturated heterocycles. The number of nitrogens with zero attached hydrogens (tertiary/aromatic N) is 4. The van der Waals surface area contributed by atoms with E-state index in [2.05, 4.69) is 30.7 Å². The molecule has 30 heavy (non-hydrogen) atoms. The fraction of sp³-hybridized carbons (Fsp3) is 0.238. The van der Waals surface area contributed by atoms with Gasteiger partial charge in [-0.15, -0.1) is 0 Å². The van der Waals surface area contributed by atoms with Gasteiger partial charge in [-0.1, -0.05) is 12.1 Å². The number of benzene rings is 1. The Labute approximate surface area is 172 Å². The average molecular weight is 407 g/mol. The summed E-state index contributed by atoms with van der Waals surface area (Å²) in [5.41, 5.74) is 3.33. The van der Waals surface area contributed by atoms with Gasteiger partial charge >= 0.3 is 0 Å². The Morgan fingerprint density at radius 2 is 2.07 bits per heavy atom. The lowest BCUT2D eigenvalue weighted by Crippen LogP contribution is -2.26. The molecule has 0 aliphatic heterocycles. The molecule has 1 aromatic carbocycles. The van der Waals surface area contributed by atoms with Crippen LogP contribution >= 0.6 is 0 Å². The lowest BCUT2D eigenvalue weighted by atomic mass is 10.3. The third-order valence-corrected chi connectivity index (χ3v) is 4.70. The molecule has 0 radical (unpaired) electrons. The summed E-state index contributed by atoms with van der Waals surface area (Å²) in [5, 5.41) is 10.4. The summed E-state index contributed by atoms with van der Waals surface area (Å²) in [4.78, 5) is 24.2. The summed E-state index contributed by atoms with van der Waals surface area (Å²) < 4.78 is 15.1. The third-order valence-electron chi connectivity index (χ3n) is 4.70. The number of rotatable bonds is 8. The third kappa shape index (κ3) is 4.52. The molecule has 0 atom stereocenters. The first-order valence-corrected chi connectivity index (χ1v) is 9.65. The number of halogens is 1. The van der Waals surface area contributed by atoms with Crippen molar-refractivity contribution in [3.8, 4) is 0 Å². The SMILES string of the molecule is Cn1nc(CNCCc2nc3ccccc3[nH]2)cc1C(=O)NCc1ncccc1F.